The lowest BCUT2D eigenvalue weighted by Crippen LogP contribution is -2.32. The van der Waals surface area contributed by atoms with Gasteiger partial charge in [0.15, 0.2) is 5.69 Å². The van der Waals surface area contributed by atoms with Gasteiger partial charge in [0.25, 0.3) is 5.91 Å². The van der Waals surface area contributed by atoms with Gasteiger partial charge in [0.2, 0.25) is 0 Å². The molecule has 0 spiro atoms. The number of pyridine rings is 1. The largest absolute Gasteiger partial charge is 0.476 e. The molecule has 0 aliphatic carbocycles. The Balaban J connectivity index is 1.60. The van der Waals surface area contributed by atoms with E-state index in [0.717, 1.165) is 0 Å². The third-order valence-electron chi connectivity index (χ3n) is 5.13. The van der Waals surface area contributed by atoms with E-state index in [4.69, 9.17) is 4.74 Å². The third-order valence-corrected chi connectivity index (χ3v) is 6.08. The minimum absolute atomic E-state index is 0.0549. The van der Waals surface area contributed by atoms with E-state index in [9.17, 15) is 19.5 Å². The molecule has 0 saturated carbocycles. The van der Waals surface area contributed by atoms with Gasteiger partial charge in [-0.3, -0.25) is 9.59 Å². The second-order valence-corrected chi connectivity index (χ2v) is 9.72. The molecule has 1 aliphatic heterocycles. The molecule has 3 aromatic rings. The average Bonchev–Trinajstić information content (AvgIpc) is 3.43. The molecular formula is C22H24N4O5S. The zero-order valence-electron chi connectivity index (χ0n) is 18.0. The Morgan fingerprint density at radius 1 is 1.22 bits per heavy atom. The Labute approximate surface area is 188 Å². The molecule has 4 rings (SSSR count). The van der Waals surface area contributed by atoms with Gasteiger partial charge in [-0.2, -0.15) is 0 Å². The molecule has 0 unspecified atom stereocenters. The first-order chi connectivity index (χ1) is 15.1. The second kappa shape index (κ2) is 8.34. The van der Waals surface area contributed by atoms with Crippen LogP contribution in [0.25, 0.3) is 5.65 Å². The molecule has 32 heavy (non-hydrogen) atoms. The fraction of sp³-hybridized carbons (Fsp3) is 0.409. The van der Waals surface area contributed by atoms with Gasteiger partial charge in [0.1, 0.15) is 21.9 Å². The van der Waals surface area contributed by atoms with Gasteiger partial charge in [0.05, 0.1) is 12.5 Å². The van der Waals surface area contributed by atoms with Gasteiger partial charge in [-0.15, -0.1) is 11.3 Å². The van der Waals surface area contributed by atoms with Crippen molar-refractivity contribution >= 4 is 34.8 Å². The van der Waals surface area contributed by atoms with Gasteiger partial charge >= 0.3 is 11.9 Å². The van der Waals surface area contributed by atoms with Crippen molar-refractivity contribution in [3.05, 3.63) is 52.4 Å². The van der Waals surface area contributed by atoms with Crippen LogP contribution < -0.4 is 0 Å². The van der Waals surface area contributed by atoms with E-state index in [2.05, 4.69) is 9.97 Å². The van der Waals surface area contributed by atoms with Crippen molar-refractivity contribution in [2.75, 3.05) is 6.54 Å². The normalized spacial score (nSPS) is 18.8. The monoisotopic (exact) mass is 456 g/mol. The Morgan fingerprint density at radius 2 is 2.00 bits per heavy atom. The number of rotatable bonds is 5. The number of likely N-dealkylation sites (tertiary alicyclic amines) is 1. The summed E-state index contributed by atoms with van der Waals surface area (Å²) >= 11 is 1.20. The Hall–Kier alpha value is -3.27. The molecule has 2 atom stereocenters. The summed E-state index contributed by atoms with van der Waals surface area (Å²) in [6.07, 6.45) is 4.14. The number of aromatic carboxylic acids is 1. The van der Waals surface area contributed by atoms with E-state index < -0.39 is 17.6 Å². The maximum absolute atomic E-state index is 13.4. The molecule has 3 aromatic heterocycles. The number of hydrogen-bond acceptors (Lipinski definition) is 7. The minimum atomic E-state index is -1.12. The van der Waals surface area contributed by atoms with E-state index >= 15 is 0 Å². The van der Waals surface area contributed by atoms with Crippen LogP contribution in [0.4, 0.5) is 0 Å². The lowest BCUT2D eigenvalue weighted by Gasteiger charge is -2.22. The number of carboxylic acid groups (broad SMARTS) is 1. The lowest BCUT2D eigenvalue weighted by atomic mass is 10.0. The van der Waals surface area contributed by atoms with Gasteiger partial charge in [-0.1, -0.05) is 6.07 Å². The number of carbonyl (C=O) groups is 3. The molecule has 1 fully saturated rings. The summed E-state index contributed by atoms with van der Waals surface area (Å²) in [6, 6.07) is 5.07. The van der Waals surface area contributed by atoms with Crippen molar-refractivity contribution in [1.82, 2.24) is 19.3 Å². The zero-order chi connectivity index (χ0) is 23.0. The number of thiazole rings is 1. The summed E-state index contributed by atoms with van der Waals surface area (Å²) in [5.41, 5.74) is 0.293. The molecule has 0 aromatic carbocycles. The number of hydrogen-bond donors (Lipinski definition) is 1. The maximum atomic E-state index is 13.4. The predicted molar refractivity (Wildman–Crippen MR) is 117 cm³/mol. The Morgan fingerprint density at radius 3 is 2.66 bits per heavy atom. The molecule has 0 bridgehead atoms. The first kappa shape index (κ1) is 21.9. The third kappa shape index (κ3) is 4.64. The number of esters is 1. The highest BCUT2D eigenvalue weighted by molar-refractivity contribution is 7.09. The highest BCUT2D eigenvalue weighted by Crippen LogP contribution is 2.39. The zero-order valence-corrected chi connectivity index (χ0v) is 18.8. The highest BCUT2D eigenvalue weighted by atomic mass is 32.1. The molecule has 1 amide bonds. The van der Waals surface area contributed by atoms with Crippen molar-refractivity contribution in [2.45, 2.75) is 45.3 Å². The van der Waals surface area contributed by atoms with E-state index in [1.165, 1.54) is 16.7 Å². The van der Waals surface area contributed by atoms with Crippen molar-refractivity contribution in [3.8, 4) is 0 Å². The summed E-state index contributed by atoms with van der Waals surface area (Å²) in [5.74, 6) is -1.85. The molecule has 10 heteroatoms. The number of carboxylic acids is 1. The number of imidazole rings is 1. The molecule has 1 aliphatic rings. The molecule has 1 N–H and O–H groups in total. The molecule has 1 saturated heterocycles. The molecule has 0 radical (unpaired) electrons. The summed E-state index contributed by atoms with van der Waals surface area (Å²) in [5, 5.41) is 11.2. The SMILES string of the molecule is CC(C)(C)OC(=O)C[C@@H]1C[C@@H](c2nc(C(=O)O)cs2)N(C(=O)c2cn3ccccc3n2)C1. The van der Waals surface area contributed by atoms with Crippen molar-refractivity contribution in [1.29, 1.82) is 0 Å². The van der Waals surface area contributed by atoms with E-state index in [0.29, 0.717) is 23.6 Å². The number of carbonyl (C=O) groups excluding carboxylic acids is 2. The average molecular weight is 457 g/mol. The van der Waals surface area contributed by atoms with Crippen LogP contribution in [0.3, 0.4) is 0 Å². The van der Waals surface area contributed by atoms with Gasteiger partial charge in [-0.05, 0) is 45.2 Å². The van der Waals surface area contributed by atoms with Crippen LogP contribution in [0.15, 0.2) is 36.0 Å². The smallest absolute Gasteiger partial charge is 0.355 e. The predicted octanol–water partition coefficient (Wildman–Crippen LogP) is 3.42. The number of amides is 1. The van der Waals surface area contributed by atoms with Crippen LogP contribution in [0.2, 0.25) is 0 Å². The van der Waals surface area contributed by atoms with Gasteiger partial charge in [0, 0.05) is 24.3 Å². The van der Waals surface area contributed by atoms with E-state index in [1.807, 2.05) is 45.2 Å². The van der Waals surface area contributed by atoms with Crippen molar-refractivity contribution < 1.29 is 24.2 Å². The van der Waals surface area contributed by atoms with Crippen LogP contribution in [0, 0.1) is 5.92 Å². The van der Waals surface area contributed by atoms with Crippen LogP contribution in [-0.2, 0) is 9.53 Å². The fourth-order valence-electron chi connectivity index (χ4n) is 3.87. The van der Waals surface area contributed by atoms with Crippen molar-refractivity contribution in [3.63, 3.8) is 0 Å². The standard InChI is InChI=1S/C22H24N4O5S/c1-22(2,3)31-18(27)9-13-8-16(19-24-15(12-32-19)21(29)30)26(10-13)20(28)14-11-25-7-5-4-6-17(25)23-14/h4-7,11-13,16H,8-10H2,1-3H3,(H,29,30)/t13-,16-/m0/s1. The van der Waals surface area contributed by atoms with Crippen LogP contribution >= 0.6 is 11.3 Å². The number of aromatic nitrogens is 3. The summed E-state index contributed by atoms with van der Waals surface area (Å²) in [7, 11) is 0. The highest BCUT2D eigenvalue weighted by Gasteiger charge is 2.40. The van der Waals surface area contributed by atoms with Crippen LogP contribution in [0.5, 0.6) is 0 Å². The Kier molecular flexibility index (Phi) is 5.72. The van der Waals surface area contributed by atoms with Crippen LogP contribution in [0.1, 0.15) is 65.6 Å². The van der Waals surface area contributed by atoms with Gasteiger partial charge < -0.3 is 19.1 Å². The van der Waals surface area contributed by atoms with Gasteiger partial charge in [-0.25, -0.2) is 14.8 Å². The maximum Gasteiger partial charge on any atom is 0.355 e. The minimum Gasteiger partial charge on any atom is -0.476 e. The van der Waals surface area contributed by atoms with Crippen LogP contribution in [-0.4, -0.2) is 54.4 Å². The topological polar surface area (TPSA) is 114 Å². The summed E-state index contributed by atoms with van der Waals surface area (Å²) in [4.78, 5) is 47.4. The summed E-state index contributed by atoms with van der Waals surface area (Å²) in [6.45, 7) is 5.76. The fourth-order valence-corrected chi connectivity index (χ4v) is 4.79. The quantitative estimate of drug-likeness (QED) is 0.585. The first-order valence-electron chi connectivity index (χ1n) is 10.3. The van der Waals surface area contributed by atoms with E-state index in [-0.39, 0.29) is 35.6 Å². The Bertz CT molecular complexity index is 1150. The molecular weight excluding hydrogens is 432 g/mol. The number of fused-ring (bicyclic) bond motifs is 1. The summed E-state index contributed by atoms with van der Waals surface area (Å²) < 4.78 is 7.21. The van der Waals surface area contributed by atoms with Crippen molar-refractivity contribution in [2.24, 2.45) is 5.92 Å². The number of nitrogens with zero attached hydrogens (tertiary/aromatic N) is 4. The molecule has 168 valence electrons. The first-order valence-corrected chi connectivity index (χ1v) is 11.1. The molecule has 4 heterocycles. The number of ether oxygens (including phenoxy) is 1. The van der Waals surface area contributed by atoms with E-state index in [1.54, 1.807) is 15.5 Å². The second-order valence-electron chi connectivity index (χ2n) is 8.83. The molecule has 9 nitrogen and oxygen atoms in total. The lowest BCUT2D eigenvalue weighted by molar-refractivity contribution is -0.155.